The van der Waals surface area contributed by atoms with Crippen LogP contribution in [0.4, 0.5) is 15.3 Å². The van der Waals surface area contributed by atoms with Gasteiger partial charge < -0.3 is 14.4 Å². The fourth-order valence-corrected chi connectivity index (χ4v) is 2.19. The van der Waals surface area contributed by atoms with Crippen LogP contribution < -0.4 is 10.1 Å². The highest BCUT2D eigenvalue weighted by molar-refractivity contribution is 9.09. The molecule has 0 aliphatic carbocycles. The summed E-state index contributed by atoms with van der Waals surface area (Å²) in [6, 6.07) is 6.56. The number of ether oxygens (including phenoxy) is 2. The summed E-state index contributed by atoms with van der Waals surface area (Å²) in [7, 11) is 0. The van der Waals surface area contributed by atoms with E-state index in [-0.39, 0.29) is 6.61 Å². The van der Waals surface area contributed by atoms with Gasteiger partial charge in [0.15, 0.2) is 0 Å². The van der Waals surface area contributed by atoms with Crippen molar-refractivity contribution in [1.82, 2.24) is 4.90 Å². The molecular formula is C15H20BrClN2O4. The highest BCUT2D eigenvalue weighted by atomic mass is 79.9. The fraction of sp³-hybridized carbons (Fsp3) is 0.467. The van der Waals surface area contributed by atoms with E-state index in [2.05, 4.69) is 21.2 Å². The summed E-state index contributed by atoms with van der Waals surface area (Å²) in [5.74, 6) is 0.780. The second-order valence-corrected chi connectivity index (χ2v) is 5.64. The predicted octanol–water partition coefficient (Wildman–Crippen LogP) is 4.08. The maximum absolute atomic E-state index is 12.0. The average molecular weight is 408 g/mol. The van der Waals surface area contributed by atoms with Crippen molar-refractivity contribution in [3.63, 3.8) is 0 Å². The zero-order valence-corrected chi connectivity index (χ0v) is 15.2. The molecule has 0 aliphatic heterocycles. The van der Waals surface area contributed by atoms with Crippen molar-refractivity contribution in [2.24, 2.45) is 0 Å². The molecule has 1 N–H and O–H groups in total. The molecule has 0 radical (unpaired) electrons. The molecule has 1 rings (SSSR count). The van der Waals surface area contributed by atoms with Gasteiger partial charge in [-0.3, -0.25) is 5.32 Å². The summed E-state index contributed by atoms with van der Waals surface area (Å²) >= 11 is 8.80. The van der Waals surface area contributed by atoms with Gasteiger partial charge in [0, 0.05) is 36.1 Å². The van der Waals surface area contributed by atoms with E-state index in [4.69, 9.17) is 21.1 Å². The first-order valence-electron chi connectivity index (χ1n) is 7.23. The van der Waals surface area contributed by atoms with Crippen molar-refractivity contribution in [1.29, 1.82) is 0 Å². The van der Waals surface area contributed by atoms with Gasteiger partial charge in [-0.2, -0.15) is 0 Å². The molecule has 2 amide bonds. The molecule has 0 spiro atoms. The van der Waals surface area contributed by atoms with Crippen LogP contribution in [-0.2, 0) is 4.74 Å². The van der Waals surface area contributed by atoms with E-state index in [0.717, 1.165) is 0 Å². The number of rotatable bonds is 8. The Morgan fingerprint density at radius 3 is 2.83 bits per heavy atom. The molecule has 6 nitrogen and oxygen atoms in total. The highest BCUT2D eigenvalue weighted by Gasteiger charge is 2.13. The van der Waals surface area contributed by atoms with Crippen LogP contribution in [0.5, 0.6) is 5.75 Å². The molecule has 1 aromatic carbocycles. The van der Waals surface area contributed by atoms with Gasteiger partial charge in [-0.05, 0) is 25.5 Å². The molecule has 8 heteroatoms. The molecular weight excluding hydrogens is 388 g/mol. The number of carbonyl (C=O) groups is 2. The first-order valence-corrected chi connectivity index (χ1v) is 8.88. The summed E-state index contributed by atoms with van der Waals surface area (Å²) < 4.78 is 10.2. The Bertz CT molecular complexity index is 516. The Morgan fingerprint density at radius 2 is 2.17 bits per heavy atom. The van der Waals surface area contributed by atoms with Crippen LogP contribution >= 0.6 is 27.5 Å². The largest absolute Gasteiger partial charge is 0.449 e. The molecule has 0 saturated carbocycles. The summed E-state index contributed by atoms with van der Waals surface area (Å²) in [4.78, 5) is 25.1. The molecule has 0 bridgehead atoms. The number of nitrogens with zero attached hydrogens (tertiary/aromatic N) is 1. The van der Waals surface area contributed by atoms with Crippen molar-refractivity contribution in [3.05, 3.63) is 24.3 Å². The van der Waals surface area contributed by atoms with Crippen molar-refractivity contribution < 1.29 is 19.1 Å². The van der Waals surface area contributed by atoms with E-state index < -0.39 is 12.2 Å². The Hall–Kier alpha value is -1.47. The van der Waals surface area contributed by atoms with Crippen LogP contribution in [0.15, 0.2) is 24.3 Å². The third kappa shape index (κ3) is 7.56. The number of halogens is 2. The first-order chi connectivity index (χ1) is 11.1. The zero-order chi connectivity index (χ0) is 17.1. The van der Waals surface area contributed by atoms with Gasteiger partial charge in [0.1, 0.15) is 5.75 Å². The SMILES string of the molecule is CCN(CCBr)C(=O)Oc1cccc(NC(=O)OCCCCl)c1. The Balaban J connectivity index is 2.59. The van der Waals surface area contributed by atoms with Crippen LogP contribution in [0.25, 0.3) is 0 Å². The zero-order valence-electron chi connectivity index (χ0n) is 12.9. The molecule has 0 aromatic heterocycles. The predicted molar refractivity (Wildman–Crippen MR) is 93.8 cm³/mol. The number of amides is 2. The maximum Gasteiger partial charge on any atom is 0.415 e. The summed E-state index contributed by atoms with van der Waals surface area (Å²) in [6.45, 7) is 3.23. The minimum Gasteiger partial charge on any atom is -0.449 e. The lowest BCUT2D eigenvalue weighted by atomic mass is 10.3. The van der Waals surface area contributed by atoms with Crippen molar-refractivity contribution >= 4 is 45.4 Å². The average Bonchev–Trinajstić information content (AvgIpc) is 2.53. The highest BCUT2D eigenvalue weighted by Crippen LogP contribution is 2.18. The third-order valence-corrected chi connectivity index (χ3v) is 3.41. The van der Waals surface area contributed by atoms with Crippen LogP contribution in [0, 0.1) is 0 Å². The first kappa shape index (κ1) is 19.6. The van der Waals surface area contributed by atoms with Crippen molar-refractivity contribution in [2.45, 2.75) is 13.3 Å². The monoisotopic (exact) mass is 406 g/mol. The lowest BCUT2D eigenvalue weighted by Gasteiger charge is -2.19. The molecule has 128 valence electrons. The lowest BCUT2D eigenvalue weighted by molar-refractivity contribution is 0.158. The summed E-state index contributed by atoms with van der Waals surface area (Å²) in [5.41, 5.74) is 0.481. The molecule has 0 aliphatic rings. The standard InChI is InChI=1S/C15H20BrClN2O4/c1-2-19(9-7-16)15(21)23-13-6-3-5-12(11-13)18-14(20)22-10-4-8-17/h3,5-6,11H,2,4,7-10H2,1H3,(H,18,20). The van der Waals surface area contributed by atoms with Crippen LogP contribution in [0.1, 0.15) is 13.3 Å². The molecule has 0 unspecified atom stereocenters. The minimum absolute atomic E-state index is 0.252. The van der Waals surface area contributed by atoms with Gasteiger partial charge in [-0.15, -0.1) is 11.6 Å². The van der Waals surface area contributed by atoms with E-state index >= 15 is 0 Å². The maximum atomic E-state index is 12.0. The number of alkyl halides is 2. The van der Waals surface area contributed by atoms with Gasteiger partial charge in [0.05, 0.1) is 6.61 Å². The quantitative estimate of drug-likeness (QED) is 0.521. The van der Waals surface area contributed by atoms with E-state index in [1.807, 2.05) is 6.92 Å². The topological polar surface area (TPSA) is 67.9 Å². The summed E-state index contributed by atoms with van der Waals surface area (Å²) in [6.07, 6.45) is -0.422. The van der Waals surface area contributed by atoms with Crippen LogP contribution in [0.3, 0.4) is 0 Å². The molecule has 0 saturated heterocycles. The molecule has 0 heterocycles. The number of hydrogen-bond donors (Lipinski definition) is 1. The van der Waals surface area contributed by atoms with Gasteiger partial charge >= 0.3 is 12.2 Å². The Kier molecular flexibility index (Phi) is 9.47. The Morgan fingerprint density at radius 1 is 1.39 bits per heavy atom. The number of carbonyl (C=O) groups excluding carboxylic acids is 2. The second-order valence-electron chi connectivity index (χ2n) is 4.47. The minimum atomic E-state index is -0.576. The van der Waals surface area contributed by atoms with Gasteiger partial charge in [-0.1, -0.05) is 22.0 Å². The summed E-state index contributed by atoms with van der Waals surface area (Å²) in [5, 5.41) is 3.24. The van der Waals surface area contributed by atoms with Gasteiger partial charge in [0.25, 0.3) is 0 Å². The number of nitrogens with one attached hydrogen (secondary N) is 1. The van der Waals surface area contributed by atoms with Gasteiger partial charge in [0.2, 0.25) is 0 Å². The van der Waals surface area contributed by atoms with E-state index in [9.17, 15) is 9.59 Å². The normalized spacial score (nSPS) is 10.0. The molecule has 0 fully saturated rings. The second kappa shape index (κ2) is 11.1. The van der Waals surface area contributed by atoms with Crippen LogP contribution in [-0.4, -0.2) is 48.0 Å². The molecule has 23 heavy (non-hydrogen) atoms. The number of hydrogen-bond acceptors (Lipinski definition) is 4. The van der Waals surface area contributed by atoms with Crippen molar-refractivity contribution in [2.75, 3.05) is 36.2 Å². The molecule has 0 atom stereocenters. The smallest absolute Gasteiger partial charge is 0.415 e. The lowest BCUT2D eigenvalue weighted by Crippen LogP contribution is -2.34. The molecule has 1 aromatic rings. The fourth-order valence-electron chi connectivity index (χ4n) is 1.66. The number of anilines is 1. The van der Waals surface area contributed by atoms with Crippen molar-refractivity contribution in [3.8, 4) is 5.75 Å². The third-order valence-electron chi connectivity index (χ3n) is 2.79. The Labute approximate surface area is 149 Å². The van der Waals surface area contributed by atoms with Gasteiger partial charge in [-0.25, -0.2) is 9.59 Å². The number of benzene rings is 1. The van der Waals surface area contributed by atoms with E-state index in [1.165, 1.54) is 0 Å². The van der Waals surface area contributed by atoms with Crippen LogP contribution in [0.2, 0.25) is 0 Å². The van der Waals surface area contributed by atoms with E-state index in [0.29, 0.717) is 42.2 Å². The van der Waals surface area contributed by atoms with E-state index in [1.54, 1.807) is 29.2 Å².